The molecule has 1 saturated heterocycles. The highest BCUT2D eigenvalue weighted by Gasteiger charge is 2.31. The lowest BCUT2D eigenvalue weighted by molar-refractivity contribution is -0.137. The van der Waals surface area contributed by atoms with Crippen molar-refractivity contribution in [2.75, 3.05) is 23.4 Å². The molecule has 1 aromatic carbocycles. The van der Waals surface area contributed by atoms with Gasteiger partial charge >= 0.3 is 6.18 Å². The summed E-state index contributed by atoms with van der Waals surface area (Å²) in [5.41, 5.74) is -1.15. The van der Waals surface area contributed by atoms with Gasteiger partial charge in [-0.3, -0.25) is 4.79 Å². The Labute approximate surface area is 117 Å². The van der Waals surface area contributed by atoms with Crippen molar-refractivity contribution in [3.8, 4) is 5.75 Å². The maximum absolute atomic E-state index is 12.6. The maximum atomic E-state index is 12.6. The van der Waals surface area contributed by atoms with Gasteiger partial charge in [-0.25, -0.2) is 0 Å². The number of alkyl halides is 3. The van der Waals surface area contributed by atoms with Gasteiger partial charge in [-0.1, -0.05) is 0 Å². The Hall–Kier alpha value is -1.41. The van der Waals surface area contributed by atoms with Crippen LogP contribution in [-0.2, 0) is 11.0 Å². The number of phenolic OH excluding ortho intramolecular Hbond substituents is 1. The molecule has 20 heavy (non-hydrogen) atoms. The molecule has 0 radical (unpaired) electrons. The highest BCUT2D eigenvalue weighted by molar-refractivity contribution is 7.99. The lowest BCUT2D eigenvalue weighted by Crippen LogP contribution is -2.46. The SMILES string of the molecule is O=C(Nc1cc(C(F)(F)F)ccc1O)C1CSCCN1. The molecule has 110 valence electrons. The molecule has 0 spiro atoms. The third-order valence-corrected chi connectivity index (χ3v) is 3.88. The minimum Gasteiger partial charge on any atom is -0.506 e. The zero-order chi connectivity index (χ0) is 14.8. The predicted molar refractivity (Wildman–Crippen MR) is 70.9 cm³/mol. The third kappa shape index (κ3) is 3.57. The van der Waals surface area contributed by atoms with E-state index < -0.39 is 29.4 Å². The number of benzene rings is 1. The molecular formula is C12H13F3N2O2S. The summed E-state index contributed by atoms with van der Waals surface area (Å²) in [6.07, 6.45) is -4.52. The highest BCUT2D eigenvalue weighted by atomic mass is 32.2. The second-order valence-corrected chi connectivity index (χ2v) is 5.45. The Morgan fingerprint density at radius 3 is 2.80 bits per heavy atom. The molecule has 1 aliphatic heterocycles. The fourth-order valence-corrected chi connectivity index (χ4v) is 2.70. The van der Waals surface area contributed by atoms with Crippen LogP contribution in [0.3, 0.4) is 0 Å². The van der Waals surface area contributed by atoms with Crippen molar-refractivity contribution in [3.63, 3.8) is 0 Å². The first-order valence-electron chi connectivity index (χ1n) is 5.90. The van der Waals surface area contributed by atoms with Crippen LogP contribution >= 0.6 is 11.8 Å². The van der Waals surface area contributed by atoms with Gasteiger partial charge in [0.25, 0.3) is 0 Å². The fraction of sp³-hybridized carbons (Fsp3) is 0.417. The van der Waals surface area contributed by atoms with E-state index in [0.29, 0.717) is 12.3 Å². The second-order valence-electron chi connectivity index (χ2n) is 4.30. The molecule has 1 amide bonds. The van der Waals surface area contributed by atoms with Crippen LogP contribution in [0.4, 0.5) is 18.9 Å². The first-order chi connectivity index (χ1) is 9.38. The van der Waals surface area contributed by atoms with Crippen LogP contribution in [0.5, 0.6) is 5.75 Å². The van der Waals surface area contributed by atoms with Gasteiger partial charge in [-0.15, -0.1) is 0 Å². The number of phenols is 1. The van der Waals surface area contributed by atoms with E-state index in [9.17, 15) is 23.1 Å². The van der Waals surface area contributed by atoms with E-state index in [1.54, 1.807) is 11.8 Å². The summed E-state index contributed by atoms with van der Waals surface area (Å²) in [5.74, 6) is 0.589. The number of nitrogens with one attached hydrogen (secondary N) is 2. The number of carbonyl (C=O) groups excluding carboxylic acids is 1. The van der Waals surface area contributed by atoms with Gasteiger partial charge in [0.05, 0.1) is 17.3 Å². The summed E-state index contributed by atoms with van der Waals surface area (Å²) in [6.45, 7) is 0.664. The largest absolute Gasteiger partial charge is 0.506 e. The average Bonchev–Trinajstić information content (AvgIpc) is 2.41. The minimum absolute atomic E-state index is 0.234. The van der Waals surface area contributed by atoms with E-state index in [-0.39, 0.29) is 5.69 Å². The molecule has 1 atom stereocenters. The summed E-state index contributed by atoms with van der Waals surface area (Å²) in [6, 6.07) is 1.94. The average molecular weight is 306 g/mol. The molecule has 1 fully saturated rings. The molecule has 1 unspecified atom stereocenters. The van der Waals surface area contributed by atoms with Gasteiger partial charge in [0.2, 0.25) is 5.91 Å². The number of hydrogen-bond acceptors (Lipinski definition) is 4. The van der Waals surface area contributed by atoms with E-state index >= 15 is 0 Å². The van der Waals surface area contributed by atoms with E-state index in [1.807, 2.05) is 0 Å². The normalized spacial score (nSPS) is 19.6. The number of aromatic hydroxyl groups is 1. The number of thioether (sulfide) groups is 1. The molecule has 8 heteroatoms. The molecule has 3 N–H and O–H groups in total. The van der Waals surface area contributed by atoms with Gasteiger partial charge < -0.3 is 15.7 Å². The van der Waals surface area contributed by atoms with E-state index in [4.69, 9.17) is 0 Å². The summed E-state index contributed by atoms with van der Waals surface area (Å²) < 4.78 is 37.7. The van der Waals surface area contributed by atoms with Crippen molar-refractivity contribution in [1.29, 1.82) is 0 Å². The first kappa shape index (κ1) is 15.0. The number of rotatable bonds is 2. The summed E-state index contributed by atoms with van der Waals surface area (Å²) >= 11 is 1.59. The van der Waals surface area contributed by atoms with Crippen LogP contribution in [0.2, 0.25) is 0 Å². The smallest absolute Gasteiger partial charge is 0.416 e. The van der Waals surface area contributed by atoms with Gasteiger partial charge in [-0.2, -0.15) is 24.9 Å². The fourth-order valence-electron chi connectivity index (χ4n) is 1.77. The first-order valence-corrected chi connectivity index (χ1v) is 7.05. The topological polar surface area (TPSA) is 61.4 Å². The Morgan fingerprint density at radius 2 is 2.20 bits per heavy atom. The van der Waals surface area contributed by atoms with Gasteiger partial charge in [-0.05, 0) is 18.2 Å². The Bertz CT molecular complexity index is 502. The van der Waals surface area contributed by atoms with Crippen LogP contribution in [0.15, 0.2) is 18.2 Å². The maximum Gasteiger partial charge on any atom is 0.416 e. The zero-order valence-corrected chi connectivity index (χ0v) is 11.1. The van der Waals surface area contributed by atoms with Crippen molar-refractivity contribution in [3.05, 3.63) is 23.8 Å². The number of halogens is 3. The molecule has 0 aromatic heterocycles. The van der Waals surface area contributed by atoms with Crippen molar-refractivity contribution in [2.45, 2.75) is 12.2 Å². The summed E-state index contributed by atoms with van der Waals surface area (Å²) in [4.78, 5) is 11.9. The van der Waals surface area contributed by atoms with Gasteiger partial charge in [0.1, 0.15) is 5.75 Å². The lowest BCUT2D eigenvalue weighted by Gasteiger charge is -2.22. The van der Waals surface area contributed by atoms with Crippen molar-refractivity contribution in [2.24, 2.45) is 0 Å². The van der Waals surface area contributed by atoms with Gasteiger partial charge in [0, 0.05) is 18.1 Å². The summed E-state index contributed by atoms with van der Waals surface area (Å²) in [7, 11) is 0. The molecule has 0 saturated carbocycles. The molecule has 0 aliphatic carbocycles. The molecular weight excluding hydrogens is 293 g/mol. The standard InChI is InChI=1S/C12H13F3N2O2S/c13-12(14,15)7-1-2-10(18)8(5-7)17-11(19)9-6-20-4-3-16-9/h1-2,5,9,16,18H,3-4,6H2,(H,17,19). The molecule has 1 aromatic rings. The van der Waals surface area contributed by atoms with Crippen molar-refractivity contribution >= 4 is 23.4 Å². The molecule has 1 heterocycles. The predicted octanol–water partition coefficient (Wildman–Crippen LogP) is 2.05. The van der Waals surface area contributed by atoms with Crippen LogP contribution in [-0.4, -0.2) is 35.1 Å². The molecule has 2 rings (SSSR count). The second kappa shape index (κ2) is 5.92. The number of amides is 1. The molecule has 1 aliphatic rings. The van der Waals surface area contributed by atoms with Crippen molar-refractivity contribution in [1.82, 2.24) is 5.32 Å². The molecule has 4 nitrogen and oxygen atoms in total. The monoisotopic (exact) mass is 306 g/mol. The zero-order valence-electron chi connectivity index (χ0n) is 10.3. The third-order valence-electron chi connectivity index (χ3n) is 2.82. The number of anilines is 1. The van der Waals surface area contributed by atoms with Crippen LogP contribution in [0.25, 0.3) is 0 Å². The highest BCUT2D eigenvalue weighted by Crippen LogP contribution is 2.34. The van der Waals surface area contributed by atoms with E-state index in [2.05, 4.69) is 10.6 Å². The van der Waals surface area contributed by atoms with Crippen molar-refractivity contribution < 1.29 is 23.1 Å². The summed E-state index contributed by atoms with van der Waals surface area (Å²) in [5, 5.41) is 14.8. The van der Waals surface area contributed by atoms with Crippen LogP contribution in [0, 0.1) is 0 Å². The lowest BCUT2D eigenvalue weighted by atomic mass is 10.1. The Morgan fingerprint density at radius 1 is 1.45 bits per heavy atom. The number of hydrogen-bond donors (Lipinski definition) is 3. The van der Waals surface area contributed by atoms with E-state index in [0.717, 1.165) is 24.0 Å². The Balaban J connectivity index is 2.13. The van der Waals surface area contributed by atoms with E-state index in [1.165, 1.54) is 0 Å². The molecule has 0 bridgehead atoms. The number of carbonyl (C=O) groups is 1. The van der Waals surface area contributed by atoms with Crippen LogP contribution < -0.4 is 10.6 Å². The quantitative estimate of drug-likeness (QED) is 0.732. The van der Waals surface area contributed by atoms with Crippen LogP contribution in [0.1, 0.15) is 5.56 Å². The minimum atomic E-state index is -4.52. The van der Waals surface area contributed by atoms with Gasteiger partial charge in [0.15, 0.2) is 0 Å². The Kier molecular flexibility index (Phi) is 4.44.